The molecule has 2 rings (SSSR count). The quantitative estimate of drug-likeness (QED) is 0.602. The maximum atomic E-state index is 5.34. The zero-order valence-electron chi connectivity index (χ0n) is 12.6. The lowest BCUT2D eigenvalue weighted by Gasteiger charge is -1.87. The number of oxazole rings is 1. The normalized spacial score (nSPS) is 8.00. The molecule has 0 unspecified atom stereocenters. The summed E-state index contributed by atoms with van der Waals surface area (Å²) in [4.78, 5) is 4.19. The third kappa shape index (κ3) is 6.10. The zero-order chi connectivity index (χ0) is 13.8. The van der Waals surface area contributed by atoms with Gasteiger partial charge in [0.15, 0.2) is 11.5 Å². The van der Waals surface area contributed by atoms with Gasteiger partial charge in [0.2, 0.25) is 0 Å². The van der Waals surface area contributed by atoms with Crippen molar-refractivity contribution in [2.75, 3.05) is 0 Å². The van der Waals surface area contributed by atoms with E-state index in [-0.39, 0.29) is 0 Å². The van der Waals surface area contributed by atoms with Crippen LogP contribution in [-0.2, 0) is 0 Å². The van der Waals surface area contributed by atoms with E-state index in [9.17, 15) is 0 Å². The van der Waals surface area contributed by atoms with Crippen molar-refractivity contribution in [1.29, 1.82) is 0 Å². The Morgan fingerprint density at radius 3 is 1.94 bits per heavy atom. The topological polar surface area (TPSA) is 26.0 Å². The minimum atomic E-state index is 0.727. The lowest BCUT2D eigenvalue weighted by Crippen LogP contribution is -1.70. The van der Waals surface area contributed by atoms with Crippen LogP contribution in [0.3, 0.4) is 0 Å². The van der Waals surface area contributed by atoms with Crippen molar-refractivity contribution in [1.82, 2.24) is 4.98 Å². The molecule has 0 bridgehead atoms. The van der Waals surface area contributed by atoms with Gasteiger partial charge in [-0.2, -0.15) is 0 Å². The Kier molecular flexibility index (Phi) is 11.9. The van der Waals surface area contributed by atoms with E-state index in [0.29, 0.717) is 0 Å². The molecule has 1 aromatic heterocycles. The van der Waals surface area contributed by atoms with Crippen molar-refractivity contribution in [2.24, 2.45) is 0 Å². The van der Waals surface area contributed by atoms with Crippen LogP contribution in [0.25, 0.3) is 11.1 Å². The number of aromatic nitrogens is 1. The lowest BCUT2D eigenvalue weighted by molar-refractivity contribution is 0.561. The molecule has 17 heavy (non-hydrogen) atoms. The van der Waals surface area contributed by atoms with Gasteiger partial charge in [0.05, 0.1) is 0 Å². The molecule has 98 valence electrons. The summed E-state index contributed by atoms with van der Waals surface area (Å²) >= 11 is 0. The van der Waals surface area contributed by atoms with Crippen LogP contribution in [-0.4, -0.2) is 4.98 Å². The van der Waals surface area contributed by atoms with Gasteiger partial charge in [-0.15, -0.1) is 0 Å². The molecule has 1 aromatic carbocycles. The van der Waals surface area contributed by atoms with Crippen molar-refractivity contribution in [2.45, 2.75) is 55.4 Å². The fourth-order valence-electron chi connectivity index (χ4n) is 1.15. The molecule has 0 amide bonds. The molecule has 0 spiro atoms. The summed E-state index contributed by atoms with van der Waals surface area (Å²) in [6, 6.07) is 6.00. The fourth-order valence-corrected chi connectivity index (χ4v) is 1.15. The monoisotopic (exact) mass is 237 g/mol. The third-order valence-corrected chi connectivity index (χ3v) is 1.65. The van der Waals surface area contributed by atoms with Gasteiger partial charge in [-0.3, -0.25) is 0 Å². The Morgan fingerprint density at radius 2 is 1.41 bits per heavy atom. The Labute approximate surface area is 106 Å². The number of nitrogens with zero attached hydrogens (tertiary/aromatic N) is 1. The van der Waals surface area contributed by atoms with Crippen molar-refractivity contribution in [3.05, 3.63) is 29.7 Å². The first-order valence-electron chi connectivity index (χ1n) is 6.59. The summed E-state index contributed by atoms with van der Waals surface area (Å²) in [5.41, 5.74) is 3.02. The van der Waals surface area contributed by atoms with Crippen LogP contribution >= 0.6 is 0 Å². The minimum Gasteiger partial charge on any atom is -0.441 e. The minimum absolute atomic E-state index is 0.727. The van der Waals surface area contributed by atoms with Crippen molar-refractivity contribution < 1.29 is 4.42 Å². The number of fused-ring (bicyclic) bond motifs is 1. The molecular weight excluding hydrogens is 210 g/mol. The summed E-state index contributed by atoms with van der Waals surface area (Å²) < 4.78 is 5.34. The molecule has 2 aromatic rings. The van der Waals surface area contributed by atoms with Crippen LogP contribution in [0.4, 0.5) is 0 Å². The molecule has 0 aliphatic rings. The standard InChI is InChI=1S/C9H9NO.3C2H6/c1-6-3-4-8-9(5-6)11-7(2)10-8;3*1-2/h3-5H,1-2H3;3*1-2H3. The highest BCUT2D eigenvalue weighted by molar-refractivity contribution is 5.73. The molecule has 1 heterocycles. The number of hydrogen-bond acceptors (Lipinski definition) is 2. The molecule has 0 fully saturated rings. The molecule has 2 nitrogen and oxygen atoms in total. The smallest absolute Gasteiger partial charge is 0.192 e. The van der Waals surface area contributed by atoms with Crippen LogP contribution in [0, 0.1) is 13.8 Å². The Hall–Kier alpha value is -1.31. The zero-order valence-corrected chi connectivity index (χ0v) is 12.6. The Balaban J connectivity index is 0. The number of rotatable bonds is 0. The average Bonchev–Trinajstić information content (AvgIpc) is 2.76. The van der Waals surface area contributed by atoms with Gasteiger partial charge in [0.1, 0.15) is 5.52 Å². The van der Waals surface area contributed by atoms with Crippen molar-refractivity contribution in [3.63, 3.8) is 0 Å². The molecule has 2 heteroatoms. The fraction of sp³-hybridized carbons (Fsp3) is 0.533. The van der Waals surface area contributed by atoms with Crippen LogP contribution in [0.5, 0.6) is 0 Å². The van der Waals surface area contributed by atoms with E-state index in [1.807, 2.05) is 73.6 Å². The molecule has 0 saturated heterocycles. The van der Waals surface area contributed by atoms with Gasteiger partial charge in [0, 0.05) is 6.92 Å². The highest BCUT2D eigenvalue weighted by Gasteiger charge is 1.99. The van der Waals surface area contributed by atoms with E-state index in [4.69, 9.17) is 4.42 Å². The summed E-state index contributed by atoms with van der Waals surface area (Å²) in [7, 11) is 0. The molecule has 0 N–H and O–H groups in total. The SMILES string of the molecule is CC.CC.CC.Cc1ccc2nc(C)oc2c1. The van der Waals surface area contributed by atoms with Gasteiger partial charge < -0.3 is 4.42 Å². The second-order valence-corrected chi connectivity index (χ2v) is 2.70. The highest BCUT2D eigenvalue weighted by atomic mass is 16.3. The maximum Gasteiger partial charge on any atom is 0.192 e. The number of benzene rings is 1. The average molecular weight is 237 g/mol. The van der Waals surface area contributed by atoms with Crippen molar-refractivity contribution in [3.8, 4) is 0 Å². The van der Waals surface area contributed by atoms with Gasteiger partial charge in [0.25, 0.3) is 0 Å². The summed E-state index contributed by atoms with van der Waals surface area (Å²) in [5, 5.41) is 0. The Morgan fingerprint density at radius 1 is 0.882 bits per heavy atom. The van der Waals surface area contributed by atoms with Crippen LogP contribution in [0.2, 0.25) is 0 Å². The second-order valence-electron chi connectivity index (χ2n) is 2.70. The first-order valence-corrected chi connectivity index (χ1v) is 6.59. The summed E-state index contributed by atoms with van der Waals surface area (Å²) in [5.74, 6) is 0.727. The molecule has 0 saturated carbocycles. The van der Waals surface area contributed by atoms with Gasteiger partial charge in [-0.1, -0.05) is 47.6 Å². The van der Waals surface area contributed by atoms with E-state index in [1.54, 1.807) is 0 Å². The first-order chi connectivity index (χ1) is 8.25. The van der Waals surface area contributed by atoms with E-state index in [2.05, 4.69) is 4.98 Å². The summed E-state index contributed by atoms with van der Waals surface area (Å²) in [6.07, 6.45) is 0. The lowest BCUT2D eigenvalue weighted by atomic mass is 10.2. The van der Waals surface area contributed by atoms with E-state index < -0.39 is 0 Å². The first kappa shape index (κ1) is 18.1. The molecular formula is C15H27NO. The molecule has 0 atom stereocenters. The van der Waals surface area contributed by atoms with Crippen LogP contribution in [0.15, 0.2) is 22.6 Å². The van der Waals surface area contributed by atoms with E-state index in [1.165, 1.54) is 5.56 Å². The number of hydrogen-bond donors (Lipinski definition) is 0. The van der Waals surface area contributed by atoms with E-state index >= 15 is 0 Å². The predicted molar refractivity (Wildman–Crippen MR) is 77.5 cm³/mol. The van der Waals surface area contributed by atoms with Gasteiger partial charge in [-0.25, -0.2) is 4.98 Å². The maximum absolute atomic E-state index is 5.34. The largest absolute Gasteiger partial charge is 0.441 e. The highest BCUT2D eigenvalue weighted by Crippen LogP contribution is 2.15. The van der Waals surface area contributed by atoms with Crippen LogP contribution in [0.1, 0.15) is 53.0 Å². The van der Waals surface area contributed by atoms with Gasteiger partial charge in [-0.05, 0) is 24.6 Å². The molecule has 0 radical (unpaired) electrons. The molecule has 0 aliphatic heterocycles. The molecule has 0 aliphatic carbocycles. The van der Waals surface area contributed by atoms with Crippen LogP contribution < -0.4 is 0 Å². The second kappa shape index (κ2) is 11.2. The third-order valence-electron chi connectivity index (χ3n) is 1.65. The van der Waals surface area contributed by atoms with Gasteiger partial charge >= 0.3 is 0 Å². The number of aryl methyl sites for hydroxylation is 2. The van der Waals surface area contributed by atoms with Crippen molar-refractivity contribution >= 4 is 11.1 Å². The summed E-state index contributed by atoms with van der Waals surface area (Å²) in [6.45, 7) is 15.9. The van der Waals surface area contributed by atoms with E-state index in [0.717, 1.165) is 17.0 Å². The predicted octanol–water partition coefficient (Wildman–Crippen LogP) is 5.52. The Bertz CT molecular complexity index is 391.